The lowest BCUT2D eigenvalue weighted by Crippen LogP contribution is -2.39. The first-order valence-electron chi connectivity index (χ1n) is 14.0. The molecule has 1 saturated heterocycles. The van der Waals surface area contributed by atoms with Gasteiger partial charge in [0, 0.05) is 59.5 Å². The highest BCUT2D eigenvalue weighted by atomic mass is 19.1. The Kier molecular flexibility index (Phi) is 6.95. The summed E-state index contributed by atoms with van der Waals surface area (Å²) >= 11 is 0. The van der Waals surface area contributed by atoms with E-state index in [9.17, 15) is 18.8 Å². The van der Waals surface area contributed by atoms with Gasteiger partial charge in [-0.1, -0.05) is 6.92 Å². The lowest BCUT2D eigenvalue weighted by Gasteiger charge is -2.21. The number of amides is 4. The Morgan fingerprint density at radius 3 is 2.67 bits per heavy atom. The maximum Gasteiger partial charge on any atom is 0.322 e. The molecular weight excluding hydrogens is 551 g/mol. The van der Waals surface area contributed by atoms with E-state index in [4.69, 9.17) is 15.5 Å². The van der Waals surface area contributed by atoms with Crippen LogP contribution < -0.4 is 26.0 Å². The summed E-state index contributed by atoms with van der Waals surface area (Å²) in [6.07, 6.45) is 1.74. The molecule has 4 aromatic rings. The van der Waals surface area contributed by atoms with Crippen molar-refractivity contribution in [2.75, 3.05) is 31.1 Å². The maximum atomic E-state index is 13.7. The molecular formula is C32H31FN6O4. The predicted molar refractivity (Wildman–Crippen MR) is 160 cm³/mol. The molecule has 2 atom stereocenters. The molecule has 0 bridgehead atoms. The van der Waals surface area contributed by atoms with Crippen LogP contribution in [0.4, 0.5) is 14.9 Å². The highest BCUT2D eigenvalue weighted by molar-refractivity contribution is 6.07. The summed E-state index contributed by atoms with van der Waals surface area (Å²) in [6.45, 7) is 6.82. The Labute approximate surface area is 247 Å². The van der Waals surface area contributed by atoms with Crippen LogP contribution in [0.1, 0.15) is 46.9 Å². The van der Waals surface area contributed by atoms with Crippen LogP contribution in [-0.4, -0.2) is 54.1 Å². The van der Waals surface area contributed by atoms with Crippen LogP contribution in [0.25, 0.3) is 22.2 Å². The SMILES string of the molecule is Cc1cnc2c(N3CCNC3=O)cc(C(=O)NCC(C)c3cc4c(c(-c5ccc(F)cc5)n3)OC[C@]4(C)C(N)=O)cc2c1. The summed E-state index contributed by atoms with van der Waals surface area (Å²) in [5.41, 5.74) is 9.57. The van der Waals surface area contributed by atoms with Crippen molar-refractivity contribution in [3.8, 4) is 17.0 Å². The Bertz CT molecular complexity index is 1790. The standard InChI is InChI=1S/C32H31FN6O4/c1-17-10-20-11-21(12-25(26(20)36-14-17)39-9-8-35-31(39)42)29(40)37-15-18(2)24-13-23-28(43-16-32(23,3)30(34)41)27(38-24)19-4-6-22(33)7-5-19/h4-7,10-14,18H,8-9,15-16H2,1-3H3,(H2,34,41)(H,35,42)(H,37,40)/t18?,32-/m0/s1. The van der Waals surface area contributed by atoms with Crippen molar-refractivity contribution in [3.05, 3.63) is 82.9 Å². The summed E-state index contributed by atoms with van der Waals surface area (Å²) in [4.78, 5) is 49.4. The first-order chi connectivity index (χ1) is 20.5. The number of benzene rings is 2. The number of carbonyl (C=O) groups excluding carboxylic acids is 3. The van der Waals surface area contributed by atoms with Gasteiger partial charge in [0.05, 0.1) is 11.2 Å². The van der Waals surface area contributed by atoms with Crippen LogP contribution in [0.15, 0.2) is 54.7 Å². The number of nitrogens with zero attached hydrogens (tertiary/aromatic N) is 3. The van der Waals surface area contributed by atoms with Gasteiger partial charge in [0.2, 0.25) is 5.91 Å². The van der Waals surface area contributed by atoms with Crippen molar-refractivity contribution in [2.45, 2.75) is 32.1 Å². The molecule has 0 aliphatic carbocycles. The Hall–Kier alpha value is -5.06. The quantitative estimate of drug-likeness (QED) is 0.302. The van der Waals surface area contributed by atoms with Gasteiger partial charge in [-0.15, -0.1) is 0 Å². The number of primary amides is 1. The second kappa shape index (κ2) is 10.6. The Morgan fingerprint density at radius 1 is 1.21 bits per heavy atom. The highest BCUT2D eigenvalue weighted by Gasteiger charge is 2.44. The van der Waals surface area contributed by atoms with Crippen LogP contribution in [0.3, 0.4) is 0 Å². The van der Waals surface area contributed by atoms with Gasteiger partial charge < -0.3 is 21.1 Å². The van der Waals surface area contributed by atoms with E-state index in [1.165, 1.54) is 12.1 Å². The third kappa shape index (κ3) is 5.00. The Morgan fingerprint density at radius 2 is 1.98 bits per heavy atom. The Balaban J connectivity index is 1.31. The predicted octanol–water partition coefficient (Wildman–Crippen LogP) is 3.94. The smallest absolute Gasteiger partial charge is 0.322 e. The number of aromatic nitrogens is 2. The van der Waals surface area contributed by atoms with Crippen molar-refractivity contribution in [3.63, 3.8) is 0 Å². The van der Waals surface area contributed by atoms with Gasteiger partial charge in [0.15, 0.2) is 0 Å². The second-order valence-corrected chi connectivity index (χ2v) is 11.3. The van der Waals surface area contributed by atoms with Crippen LogP contribution in [0.2, 0.25) is 0 Å². The van der Waals surface area contributed by atoms with E-state index in [0.717, 1.165) is 10.9 Å². The number of aryl methyl sites for hydroxylation is 1. The average Bonchev–Trinajstić information content (AvgIpc) is 3.58. The molecule has 43 heavy (non-hydrogen) atoms. The number of anilines is 1. The van der Waals surface area contributed by atoms with Crippen molar-refractivity contribution in [1.82, 2.24) is 20.6 Å². The lowest BCUT2D eigenvalue weighted by molar-refractivity contribution is -0.123. The van der Waals surface area contributed by atoms with Gasteiger partial charge >= 0.3 is 6.03 Å². The summed E-state index contributed by atoms with van der Waals surface area (Å²) < 4.78 is 19.6. The first kappa shape index (κ1) is 28.1. The molecule has 2 aliphatic rings. The number of rotatable bonds is 7. The minimum absolute atomic E-state index is 0.0653. The van der Waals surface area contributed by atoms with Crippen LogP contribution in [0, 0.1) is 12.7 Å². The van der Waals surface area contributed by atoms with Crippen molar-refractivity contribution >= 4 is 34.4 Å². The number of urea groups is 1. The number of halogens is 1. The summed E-state index contributed by atoms with van der Waals surface area (Å²) in [6, 6.07) is 12.8. The maximum absolute atomic E-state index is 13.7. The molecule has 220 valence electrons. The number of ether oxygens (including phenoxy) is 1. The van der Waals surface area contributed by atoms with Gasteiger partial charge in [-0.05, 0) is 67.9 Å². The molecule has 4 amide bonds. The van der Waals surface area contributed by atoms with Crippen molar-refractivity contribution in [1.29, 1.82) is 0 Å². The van der Waals surface area contributed by atoms with Crippen molar-refractivity contribution < 1.29 is 23.5 Å². The topological polar surface area (TPSA) is 140 Å². The van der Waals surface area contributed by atoms with E-state index in [1.54, 1.807) is 48.4 Å². The zero-order chi connectivity index (χ0) is 30.5. The third-order valence-electron chi connectivity index (χ3n) is 8.14. The molecule has 0 spiro atoms. The molecule has 6 rings (SSSR count). The van der Waals surface area contributed by atoms with Crippen LogP contribution in [0.5, 0.6) is 5.75 Å². The van der Waals surface area contributed by atoms with Gasteiger partial charge in [0.25, 0.3) is 5.91 Å². The molecule has 10 nitrogen and oxygen atoms in total. The normalized spacial score (nSPS) is 18.2. The third-order valence-corrected chi connectivity index (χ3v) is 8.14. The highest BCUT2D eigenvalue weighted by Crippen LogP contribution is 2.45. The van der Waals surface area contributed by atoms with Gasteiger partial charge in [-0.3, -0.25) is 19.5 Å². The van der Waals surface area contributed by atoms with Gasteiger partial charge in [-0.25, -0.2) is 14.2 Å². The molecule has 1 unspecified atom stereocenters. The summed E-state index contributed by atoms with van der Waals surface area (Å²) in [5.74, 6) is -1.08. The zero-order valence-corrected chi connectivity index (χ0v) is 24.0. The zero-order valence-electron chi connectivity index (χ0n) is 24.0. The lowest BCUT2D eigenvalue weighted by atomic mass is 9.82. The van der Waals surface area contributed by atoms with Gasteiger partial charge in [-0.2, -0.15) is 0 Å². The fourth-order valence-corrected chi connectivity index (χ4v) is 5.49. The molecule has 0 saturated carbocycles. The molecule has 11 heteroatoms. The molecule has 4 heterocycles. The minimum atomic E-state index is -1.07. The van der Waals surface area contributed by atoms with E-state index >= 15 is 0 Å². The monoisotopic (exact) mass is 582 g/mol. The molecule has 1 fully saturated rings. The number of carbonyl (C=O) groups is 3. The number of fused-ring (bicyclic) bond motifs is 2. The largest absolute Gasteiger partial charge is 0.489 e. The number of nitrogens with two attached hydrogens (primary N) is 1. The number of hydrogen-bond donors (Lipinski definition) is 3. The van der Waals surface area contributed by atoms with E-state index in [1.807, 2.05) is 19.9 Å². The van der Waals surface area contributed by atoms with Gasteiger partial charge in [0.1, 0.15) is 29.3 Å². The molecule has 2 aliphatic heterocycles. The molecule has 2 aromatic heterocycles. The second-order valence-electron chi connectivity index (χ2n) is 11.3. The minimum Gasteiger partial charge on any atom is -0.489 e. The molecule has 2 aromatic carbocycles. The fraction of sp³-hybridized carbons (Fsp3) is 0.281. The summed E-state index contributed by atoms with van der Waals surface area (Å²) in [7, 11) is 0. The van der Waals surface area contributed by atoms with E-state index in [2.05, 4.69) is 15.6 Å². The summed E-state index contributed by atoms with van der Waals surface area (Å²) in [5, 5.41) is 6.54. The van der Waals surface area contributed by atoms with E-state index < -0.39 is 11.3 Å². The fourth-order valence-electron chi connectivity index (χ4n) is 5.49. The number of nitrogens with one attached hydrogen (secondary N) is 2. The molecule has 4 N–H and O–H groups in total. The van der Waals surface area contributed by atoms with Crippen LogP contribution >= 0.6 is 0 Å². The average molecular weight is 583 g/mol. The van der Waals surface area contributed by atoms with E-state index in [0.29, 0.717) is 58.1 Å². The van der Waals surface area contributed by atoms with Crippen molar-refractivity contribution in [2.24, 2.45) is 5.73 Å². The molecule has 0 radical (unpaired) electrons. The first-order valence-corrected chi connectivity index (χ1v) is 14.0. The van der Waals surface area contributed by atoms with E-state index in [-0.39, 0.29) is 36.8 Å². The van der Waals surface area contributed by atoms with Crippen LogP contribution in [-0.2, 0) is 10.2 Å². The number of hydrogen-bond acceptors (Lipinski definition) is 6. The number of pyridine rings is 2.